The van der Waals surface area contributed by atoms with Gasteiger partial charge in [0.15, 0.2) is 5.96 Å². The predicted molar refractivity (Wildman–Crippen MR) is 122 cm³/mol. The molecule has 1 aromatic carbocycles. The second-order valence-electron chi connectivity index (χ2n) is 8.17. The van der Waals surface area contributed by atoms with Crippen LogP contribution in [0.3, 0.4) is 0 Å². The number of nitrogens with one attached hydrogen (secondary N) is 2. The maximum absolute atomic E-state index is 13.4. The number of fused-ring (bicyclic) bond motifs is 1. The Morgan fingerprint density at radius 3 is 2.84 bits per heavy atom. The molecule has 0 spiro atoms. The van der Waals surface area contributed by atoms with E-state index < -0.39 is 11.5 Å². The first-order valence-corrected chi connectivity index (χ1v) is 10.9. The fraction of sp³-hybridized carbons (Fsp3) is 0.208. The summed E-state index contributed by atoms with van der Waals surface area (Å²) in [5.74, 6) is -0.505. The quantitative estimate of drug-likeness (QED) is 0.486. The molecule has 1 aliphatic heterocycles. The molecule has 0 radical (unpaired) electrons. The lowest BCUT2D eigenvalue weighted by Crippen LogP contribution is -2.62. The van der Waals surface area contributed by atoms with Gasteiger partial charge in [-0.15, -0.1) is 11.3 Å². The van der Waals surface area contributed by atoms with E-state index in [2.05, 4.69) is 27.8 Å². The Morgan fingerprint density at radius 2 is 2.03 bits per heavy atom. The van der Waals surface area contributed by atoms with E-state index in [0.29, 0.717) is 0 Å². The van der Waals surface area contributed by atoms with Crippen molar-refractivity contribution in [2.24, 2.45) is 0 Å². The molecule has 1 fully saturated rings. The number of aromatic nitrogens is 1. The van der Waals surface area contributed by atoms with Gasteiger partial charge in [0, 0.05) is 35.3 Å². The summed E-state index contributed by atoms with van der Waals surface area (Å²) >= 11 is 1.59. The molecule has 1 amide bonds. The smallest absolute Gasteiger partial charge is 0.239 e. The number of rotatable bonds is 3. The molecule has 4 aromatic rings. The molecule has 5 rings (SSSR count). The second-order valence-corrected chi connectivity index (χ2v) is 9.09. The number of likely N-dealkylation sites (N-methyl/N-ethyl adjacent to an activating group) is 1. The predicted octanol–water partition coefficient (Wildman–Crippen LogP) is 4.86. The summed E-state index contributed by atoms with van der Waals surface area (Å²) in [5.41, 5.74) is 4.10. The fourth-order valence-corrected chi connectivity index (χ4v) is 5.34. The summed E-state index contributed by atoms with van der Waals surface area (Å²) in [6.07, 6.45) is 5.33. The van der Waals surface area contributed by atoms with Crippen LogP contribution in [-0.4, -0.2) is 28.8 Å². The first kappa shape index (κ1) is 19.5. The van der Waals surface area contributed by atoms with Gasteiger partial charge in [0.1, 0.15) is 5.58 Å². The van der Waals surface area contributed by atoms with Crippen LogP contribution in [0.15, 0.2) is 64.9 Å². The van der Waals surface area contributed by atoms with Gasteiger partial charge in [0.2, 0.25) is 5.91 Å². The summed E-state index contributed by atoms with van der Waals surface area (Å²) in [6.45, 7) is 4.02. The SMILES string of the molecule is Cc1cncc(-c2csc([C@@]3(C)NC(=N)N(C)C(=O)[C@H]3c3ccc4occc4c3)c2)c1. The molecule has 0 bridgehead atoms. The number of hydrogen-bond acceptors (Lipinski definition) is 5. The highest BCUT2D eigenvalue weighted by molar-refractivity contribution is 7.10. The lowest BCUT2D eigenvalue weighted by atomic mass is 9.76. The molecule has 1 saturated heterocycles. The Bertz CT molecular complexity index is 1320. The standard InChI is InChI=1S/C24H22N4O2S/c1-14-8-17(12-26-11-14)18-10-20(31-13-18)24(2)21(22(29)28(3)23(25)27-24)16-4-5-19-15(9-16)6-7-30-19/h4-13,21H,1-3H3,(H2,25,27)/t21-,24-/m1/s1. The molecule has 2 N–H and O–H groups in total. The number of nitrogens with zero attached hydrogens (tertiary/aromatic N) is 2. The minimum absolute atomic E-state index is 0.0975. The number of aryl methyl sites for hydroxylation is 1. The van der Waals surface area contributed by atoms with Crippen LogP contribution in [0.1, 0.15) is 28.8 Å². The molecule has 156 valence electrons. The van der Waals surface area contributed by atoms with Crippen molar-refractivity contribution in [2.45, 2.75) is 25.3 Å². The van der Waals surface area contributed by atoms with Crippen molar-refractivity contribution in [2.75, 3.05) is 7.05 Å². The van der Waals surface area contributed by atoms with Gasteiger partial charge in [-0.25, -0.2) is 0 Å². The highest BCUT2D eigenvalue weighted by Gasteiger charge is 2.49. The molecule has 7 heteroatoms. The maximum atomic E-state index is 13.4. The van der Waals surface area contributed by atoms with Crippen molar-refractivity contribution >= 4 is 34.2 Å². The molecule has 0 saturated carbocycles. The zero-order valence-electron chi connectivity index (χ0n) is 17.5. The highest BCUT2D eigenvalue weighted by Crippen LogP contribution is 2.44. The summed E-state index contributed by atoms with van der Waals surface area (Å²) in [5, 5.41) is 14.7. The summed E-state index contributed by atoms with van der Waals surface area (Å²) < 4.78 is 5.47. The van der Waals surface area contributed by atoms with Gasteiger partial charge in [-0.1, -0.05) is 6.07 Å². The van der Waals surface area contributed by atoms with Crippen LogP contribution in [0.5, 0.6) is 0 Å². The minimum atomic E-state index is -0.766. The van der Waals surface area contributed by atoms with Gasteiger partial charge < -0.3 is 9.73 Å². The lowest BCUT2D eigenvalue weighted by molar-refractivity contribution is -0.131. The molecule has 4 heterocycles. The van der Waals surface area contributed by atoms with Gasteiger partial charge in [-0.05, 0) is 66.2 Å². The number of carbonyl (C=O) groups excluding carboxylic acids is 1. The fourth-order valence-electron chi connectivity index (χ4n) is 4.27. The number of guanidine groups is 1. The number of thiophene rings is 1. The van der Waals surface area contributed by atoms with Crippen molar-refractivity contribution in [3.8, 4) is 11.1 Å². The number of hydrogen-bond donors (Lipinski definition) is 2. The van der Waals surface area contributed by atoms with E-state index in [9.17, 15) is 4.79 Å². The lowest BCUT2D eigenvalue weighted by Gasteiger charge is -2.45. The zero-order chi connectivity index (χ0) is 21.8. The van der Waals surface area contributed by atoms with Crippen molar-refractivity contribution in [3.63, 3.8) is 0 Å². The summed E-state index contributed by atoms with van der Waals surface area (Å²) in [6, 6.07) is 11.9. The first-order chi connectivity index (χ1) is 14.9. The molecule has 31 heavy (non-hydrogen) atoms. The number of pyridine rings is 1. The monoisotopic (exact) mass is 430 g/mol. The Hall–Kier alpha value is -3.45. The van der Waals surface area contributed by atoms with Crippen molar-refractivity contribution in [1.29, 1.82) is 5.41 Å². The van der Waals surface area contributed by atoms with Crippen LogP contribution in [0.4, 0.5) is 0 Å². The maximum Gasteiger partial charge on any atom is 0.239 e. The van der Waals surface area contributed by atoms with Crippen LogP contribution >= 0.6 is 11.3 Å². The van der Waals surface area contributed by atoms with Crippen molar-refractivity contribution < 1.29 is 9.21 Å². The molecular weight excluding hydrogens is 408 g/mol. The zero-order valence-corrected chi connectivity index (χ0v) is 18.3. The molecule has 1 aliphatic rings. The molecule has 2 atom stereocenters. The van der Waals surface area contributed by atoms with Crippen LogP contribution in [-0.2, 0) is 10.3 Å². The van der Waals surface area contributed by atoms with E-state index in [1.54, 1.807) is 24.6 Å². The van der Waals surface area contributed by atoms with Crippen LogP contribution in [0.2, 0.25) is 0 Å². The van der Waals surface area contributed by atoms with E-state index in [4.69, 9.17) is 9.83 Å². The number of amides is 1. The molecule has 6 nitrogen and oxygen atoms in total. The molecule has 0 unspecified atom stereocenters. The van der Waals surface area contributed by atoms with Crippen molar-refractivity contribution in [3.05, 3.63) is 76.4 Å². The van der Waals surface area contributed by atoms with Crippen molar-refractivity contribution in [1.82, 2.24) is 15.2 Å². The average molecular weight is 431 g/mol. The minimum Gasteiger partial charge on any atom is -0.464 e. The number of benzene rings is 1. The second kappa shape index (κ2) is 7.06. The van der Waals surface area contributed by atoms with Crippen LogP contribution in [0.25, 0.3) is 22.1 Å². The van der Waals surface area contributed by atoms with Crippen LogP contribution < -0.4 is 5.32 Å². The van der Waals surface area contributed by atoms with E-state index in [1.165, 1.54) is 4.90 Å². The molecule has 3 aromatic heterocycles. The average Bonchev–Trinajstić information content (AvgIpc) is 3.42. The summed E-state index contributed by atoms with van der Waals surface area (Å²) in [7, 11) is 1.64. The molecular formula is C24H22N4O2S. The topological polar surface area (TPSA) is 82.2 Å². The normalized spacial score (nSPS) is 21.5. The third kappa shape index (κ3) is 3.13. The Kier molecular flexibility index (Phi) is 4.44. The Balaban J connectivity index is 1.63. The largest absolute Gasteiger partial charge is 0.464 e. The number of carbonyl (C=O) groups is 1. The van der Waals surface area contributed by atoms with Crippen LogP contribution in [0, 0.1) is 12.3 Å². The molecule has 0 aliphatic carbocycles. The Labute approximate surface area is 184 Å². The third-order valence-corrected chi connectivity index (χ3v) is 7.17. The van der Waals surface area contributed by atoms with Gasteiger partial charge in [0.25, 0.3) is 0 Å². The highest BCUT2D eigenvalue weighted by atomic mass is 32.1. The third-order valence-electron chi connectivity index (χ3n) is 6.00. The van der Waals surface area contributed by atoms with Gasteiger partial charge in [0.05, 0.1) is 17.7 Å². The van der Waals surface area contributed by atoms with Gasteiger partial charge in [-0.2, -0.15) is 0 Å². The van der Waals surface area contributed by atoms with E-state index in [0.717, 1.165) is 38.1 Å². The number of furan rings is 1. The summed E-state index contributed by atoms with van der Waals surface area (Å²) in [4.78, 5) is 20.1. The van der Waals surface area contributed by atoms with Gasteiger partial charge >= 0.3 is 0 Å². The van der Waals surface area contributed by atoms with E-state index in [-0.39, 0.29) is 11.9 Å². The van der Waals surface area contributed by atoms with Gasteiger partial charge in [-0.3, -0.25) is 20.1 Å². The van der Waals surface area contributed by atoms with E-state index >= 15 is 0 Å². The van der Waals surface area contributed by atoms with E-state index in [1.807, 2.05) is 50.5 Å². The first-order valence-electron chi connectivity index (χ1n) is 9.99. The Morgan fingerprint density at radius 1 is 1.19 bits per heavy atom.